The smallest absolute Gasteiger partial charge is 0.224 e. The van der Waals surface area contributed by atoms with Crippen molar-refractivity contribution in [3.8, 4) is 5.75 Å². The van der Waals surface area contributed by atoms with Crippen molar-refractivity contribution in [2.24, 2.45) is 11.7 Å². The minimum atomic E-state index is -0.0932. The molecule has 0 saturated carbocycles. The van der Waals surface area contributed by atoms with Crippen molar-refractivity contribution in [2.45, 2.75) is 44.9 Å². The number of nitrogens with one attached hydrogen (secondary N) is 1. The molecule has 0 aliphatic carbocycles. The second-order valence-corrected chi connectivity index (χ2v) is 7.17. The van der Waals surface area contributed by atoms with Gasteiger partial charge in [-0.1, -0.05) is 18.6 Å². The molecule has 0 radical (unpaired) electrons. The fourth-order valence-electron chi connectivity index (χ4n) is 3.49. The molecular formula is C21H33N3O3. The van der Waals surface area contributed by atoms with Gasteiger partial charge < -0.3 is 20.7 Å². The Kier molecular flexibility index (Phi) is 9.11. The van der Waals surface area contributed by atoms with E-state index in [1.165, 1.54) is 5.56 Å². The fraction of sp³-hybridized carbons (Fsp3) is 0.619. The third-order valence-electron chi connectivity index (χ3n) is 5.10. The lowest BCUT2D eigenvalue weighted by atomic mass is 9.96. The molecule has 1 aliphatic heterocycles. The van der Waals surface area contributed by atoms with Gasteiger partial charge in [-0.15, -0.1) is 0 Å². The normalized spacial score (nSPS) is 16.8. The Morgan fingerprint density at radius 3 is 2.70 bits per heavy atom. The zero-order valence-corrected chi connectivity index (χ0v) is 16.4. The molecule has 27 heavy (non-hydrogen) atoms. The molecule has 3 N–H and O–H groups in total. The summed E-state index contributed by atoms with van der Waals surface area (Å²) in [6.07, 6.45) is 6.34. The summed E-state index contributed by atoms with van der Waals surface area (Å²) in [7, 11) is 1.67. The summed E-state index contributed by atoms with van der Waals surface area (Å²) in [6, 6.07) is 8.14. The number of likely N-dealkylation sites (tertiary alicyclic amines) is 1. The Labute approximate surface area is 162 Å². The number of methoxy groups -OCH3 is 1. The van der Waals surface area contributed by atoms with E-state index >= 15 is 0 Å². The predicted octanol–water partition coefficient (Wildman–Crippen LogP) is 2.11. The van der Waals surface area contributed by atoms with E-state index in [0.717, 1.165) is 50.8 Å². The van der Waals surface area contributed by atoms with Crippen molar-refractivity contribution in [3.05, 3.63) is 29.8 Å². The summed E-state index contributed by atoms with van der Waals surface area (Å²) >= 11 is 0. The molecule has 1 aromatic carbocycles. The molecule has 0 spiro atoms. The monoisotopic (exact) mass is 375 g/mol. The molecule has 0 bridgehead atoms. The highest BCUT2D eigenvalue weighted by Gasteiger charge is 2.27. The minimum Gasteiger partial charge on any atom is -0.497 e. The maximum Gasteiger partial charge on any atom is 0.224 e. The molecule has 0 aromatic heterocycles. The Morgan fingerprint density at radius 1 is 1.22 bits per heavy atom. The van der Waals surface area contributed by atoms with Crippen molar-refractivity contribution >= 4 is 11.8 Å². The van der Waals surface area contributed by atoms with Crippen molar-refractivity contribution in [3.63, 3.8) is 0 Å². The first kappa shape index (κ1) is 21.2. The van der Waals surface area contributed by atoms with Crippen LogP contribution in [0.5, 0.6) is 5.75 Å². The lowest BCUT2D eigenvalue weighted by Gasteiger charge is -2.32. The number of benzene rings is 1. The molecular weight excluding hydrogens is 342 g/mol. The molecule has 6 heteroatoms. The number of nitrogens with zero attached hydrogens (tertiary/aromatic N) is 1. The van der Waals surface area contributed by atoms with Gasteiger partial charge in [-0.05, 0) is 49.8 Å². The second kappa shape index (κ2) is 11.6. The molecule has 1 aliphatic rings. The van der Waals surface area contributed by atoms with Crippen LogP contribution in [-0.4, -0.2) is 50.0 Å². The Hall–Kier alpha value is -2.08. The van der Waals surface area contributed by atoms with E-state index < -0.39 is 0 Å². The van der Waals surface area contributed by atoms with E-state index in [9.17, 15) is 9.59 Å². The van der Waals surface area contributed by atoms with Crippen LogP contribution in [0.1, 0.15) is 44.1 Å². The Bertz CT molecular complexity index is 589. The highest BCUT2D eigenvalue weighted by molar-refractivity contribution is 5.81. The number of nitrogens with two attached hydrogens (primary N) is 1. The molecule has 1 saturated heterocycles. The van der Waals surface area contributed by atoms with Gasteiger partial charge in [0.15, 0.2) is 0 Å². The van der Waals surface area contributed by atoms with Crippen molar-refractivity contribution in [1.29, 1.82) is 0 Å². The van der Waals surface area contributed by atoms with E-state index in [1.54, 1.807) is 7.11 Å². The number of carbonyl (C=O) groups is 2. The van der Waals surface area contributed by atoms with Gasteiger partial charge in [-0.2, -0.15) is 0 Å². The van der Waals surface area contributed by atoms with E-state index in [4.69, 9.17) is 10.5 Å². The van der Waals surface area contributed by atoms with Crippen LogP contribution in [0.3, 0.4) is 0 Å². The molecule has 2 amide bonds. The third-order valence-corrected chi connectivity index (χ3v) is 5.10. The third kappa shape index (κ3) is 7.21. The molecule has 6 nitrogen and oxygen atoms in total. The minimum absolute atomic E-state index is 0.0254. The summed E-state index contributed by atoms with van der Waals surface area (Å²) in [4.78, 5) is 26.4. The first-order valence-corrected chi connectivity index (χ1v) is 10.0. The number of carbonyl (C=O) groups excluding carboxylic acids is 2. The summed E-state index contributed by atoms with van der Waals surface area (Å²) < 4.78 is 5.16. The van der Waals surface area contributed by atoms with Crippen LogP contribution in [0.15, 0.2) is 24.3 Å². The quantitative estimate of drug-likeness (QED) is 0.614. The summed E-state index contributed by atoms with van der Waals surface area (Å²) in [5.41, 5.74) is 6.72. The van der Waals surface area contributed by atoms with Crippen molar-refractivity contribution < 1.29 is 14.3 Å². The van der Waals surface area contributed by atoms with Crippen LogP contribution in [-0.2, 0) is 16.0 Å². The number of hydrogen-bond acceptors (Lipinski definition) is 4. The highest BCUT2D eigenvalue weighted by Crippen LogP contribution is 2.19. The van der Waals surface area contributed by atoms with Gasteiger partial charge in [0.25, 0.3) is 0 Å². The number of aryl methyl sites for hydroxylation is 1. The zero-order valence-electron chi connectivity index (χ0n) is 16.4. The van der Waals surface area contributed by atoms with Crippen LogP contribution < -0.4 is 15.8 Å². The Morgan fingerprint density at radius 2 is 2.00 bits per heavy atom. The van der Waals surface area contributed by atoms with E-state index in [2.05, 4.69) is 17.4 Å². The molecule has 1 atom stereocenters. The molecule has 1 heterocycles. The van der Waals surface area contributed by atoms with Gasteiger partial charge in [-0.3, -0.25) is 9.59 Å². The van der Waals surface area contributed by atoms with Crippen LogP contribution in [0, 0.1) is 5.92 Å². The fourth-order valence-corrected chi connectivity index (χ4v) is 3.49. The van der Waals surface area contributed by atoms with Crippen molar-refractivity contribution in [1.82, 2.24) is 10.2 Å². The summed E-state index contributed by atoms with van der Waals surface area (Å²) in [5, 5.41) is 2.83. The van der Waals surface area contributed by atoms with Crippen molar-refractivity contribution in [2.75, 3.05) is 33.3 Å². The predicted molar refractivity (Wildman–Crippen MR) is 107 cm³/mol. The molecule has 1 unspecified atom stereocenters. The second-order valence-electron chi connectivity index (χ2n) is 7.17. The van der Waals surface area contributed by atoms with Gasteiger partial charge >= 0.3 is 0 Å². The molecule has 150 valence electrons. The average Bonchev–Trinajstić information content (AvgIpc) is 2.72. The van der Waals surface area contributed by atoms with Gasteiger partial charge in [0.05, 0.1) is 13.0 Å². The zero-order chi connectivity index (χ0) is 19.5. The van der Waals surface area contributed by atoms with E-state index in [-0.39, 0.29) is 17.7 Å². The van der Waals surface area contributed by atoms with Crippen LogP contribution >= 0.6 is 0 Å². The first-order valence-electron chi connectivity index (χ1n) is 10.0. The summed E-state index contributed by atoms with van der Waals surface area (Å²) in [5.74, 6) is 0.985. The van der Waals surface area contributed by atoms with E-state index in [0.29, 0.717) is 26.1 Å². The maximum absolute atomic E-state index is 12.4. The Balaban J connectivity index is 1.63. The standard InChI is InChI=1S/C21H33N3O3/c1-27-19-11-9-17(10-12-19)6-3-2-4-8-20(25)24-15-5-7-18(16-24)21(26)23-14-13-22/h9-12,18H,2-8,13-16,22H2,1H3,(H,23,26). The number of amides is 2. The molecule has 2 rings (SSSR count). The highest BCUT2D eigenvalue weighted by atomic mass is 16.5. The lowest BCUT2D eigenvalue weighted by molar-refractivity contribution is -0.135. The van der Waals surface area contributed by atoms with Gasteiger partial charge in [0.2, 0.25) is 11.8 Å². The number of unbranched alkanes of at least 4 members (excludes halogenated alkanes) is 2. The molecule has 1 aromatic rings. The van der Waals surface area contributed by atoms with Crippen LogP contribution in [0.4, 0.5) is 0 Å². The van der Waals surface area contributed by atoms with E-state index in [1.807, 2.05) is 17.0 Å². The topological polar surface area (TPSA) is 84.7 Å². The average molecular weight is 376 g/mol. The number of piperidine rings is 1. The van der Waals surface area contributed by atoms with Crippen LogP contribution in [0.25, 0.3) is 0 Å². The number of rotatable bonds is 10. The van der Waals surface area contributed by atoms with Crippen LogP contribution in [0.2, 0.25) is 0 Å². The molecule has 1 fully saturated rings. The lowest BCUT2D eigenvalue weighted by Crippen LogP contribution is -2.46. The van der Waals surface area contributed by atoms with Gasteiger partial charge in [0, 0.05) is 32.6 Å². The number of hydrogen-bond donors (Lipinski definition) is 2. The van der Waals surface area contributed by atoms with Gasteiger partial charge in [-0.25, -0.2) is 0 Å². The summed E-state index contributed by atoms with van der Waals surface area (Å²) in [6.45, 7) is 2.25. The SMILES string of the molecule is COc1ccc(CCCCCC(=O)N2CCCC(C(=O)NCCN)C2)cc1. The maximum atomic E-state index is 12.4. The largest absolute Gasteiger partial charge is 0.497 e. The number of ether oxygens (including phenoxy) is 1. The first-order chi connectivity index (χ1) is 13.1. The van der Waals surface area contributed by atoms with Gasteiger partial charge in [0.1, 0.15) is 5.75 Å².